The number of nitrogens with one attached hydrogen (secondary N) is 1. The molecule has 3 aromatic carbocycles. The third kappa shape index (κ3) is 4.56. The Kier molecular flexibility index (Phi) is 6.22. The Hall–Kier alpha value is -3.73. The largest absolute Gasteiger partial charge is 0.324 e. The zero-order chi connectivity index (χ0) is 21.6. The molecule has 5 nitrogen and oxygen atoms in total. The minimum atomic E-state index is -0.114. The Morgan fingerprint density at radius 2 is 1.39 bits per heavy atom. The van der Waals surface area contributed by atoms with Crippen molar-refractivity contribution < 1.29 is 4.79 Å². The van der Waals surface area contributed by atoms with Gasteiger partial charge in [0.25, 0.3) is 0 Å². The number of aryl methyl sites for hydroxylation is 2. The van der Waals surface area contributed by atoms with Gasteiger partial charge in [-0.2, -0.15) is 0 Å². The van der Waals surface area contributed by atoms with E-state index >= 15 is 0 Å². The van der Waals surface area contributed by atoms with Gasteiger partial charge in [-0.3, -0.25) is 4.79 Å². The number of aromatic nitrogens is 3. The summed E-state index contributed by atoms with van der Waals surface area (Å²) in [6.45, 7) is 4.29. The Morgan fingerprint density at radius 1 is 0.806 bits per heavy atom. The van der Waals surface area contributed by atoms with Crippen LogP contribution in [0.25, 0.3) is 22.8 Å². The number of anilines is 1. The van der Waals surface area contributed by atoms with Crippen molar-refractivity contribution in [2.24, 2.45) is 0 Å². The average Bonchev–Trinajstić information content (AvgIpc) is 3.24. The van der Waals surface area contributed by atoms with E-state index in [2.05, 4.69) is 36.4 Å². The van der Waals surface area contributed by atoms with Gasteiger partial charge >= 0.3 is 0 Å². The van der Waals surface area contributed by atoms with Crippen molar-refractivity contribution >= 4 is 11.6 Å². The zero-order valence-corrected chi connectivity index (χ0v) is 17.9. The fraction of sp³-hybridized carbons (Fsp3) is 0.192. The van der Waals surface area contributed by atoms with Crippen LogP contribution >= 0.6 is 0 Å². The van der Waals surface area contributed by atoms with Crippen LogP contribution in [-0.4, -0.2) is 20.7 Å². The molecule has 1 amide bonds. The van der Waals surface area contributed by atoms with Gasteiger partial charge in [0.05, 0.1) is 0 Å². The number of hydrogen-bond acceptors (Lipinski definition) is 3. The van der Waals surface area contributed by atoms with Crippen molar-refractivity contribution in [1.29, 1.82) is 0 Å². The second-order valence-corrected chi connectivity index (χ2v) is 7.36. The number of nitrogens with zero attached hydrogens (tertiary/aromatic N) is 3. The van der Waals surface area contributed by atoms with Crippen LogP contribution in [0.1, 0.15) is 25.0 Å². The number of amides is 1. The predicted octanol–water partition coefficient (Wildman–Crippen LogP) is 5.38. The summed E-state index contributed by atoms with van der Waals surface area (Å²) in [5.41, 5.74) is 5.04. The molecule has 0 atom stereocenters. The van der Waals surface area contributed by atoms with Gasteiger partial charge in [0.15, 0.2) is 11.6 Å². The van der Waals surface area contributed by atoms with Crippen LogP contribution in [0, 0.1) is 0 Å². The molecule has 1 aromatic heterocycles. The van der Waals surface area contributed by atoms with Gasteiger partial charge in [0.2, 0.25) is 5.91 Å². The van der Waals surface area contributed by atoms with Crippen molar-refractivity contribution in [1.82, 2.24) is 14.8 Å². The molecule has 31 heavy (non-hydrogen) atoms. The van der Waals surface area contributed by atoms with E-state index in [1.807, 2.05) is 66.7 Å². The van der Waals surface area contributed by atoms with E-state index < -0.39 is 0 Å². The van der Waals surface area contributed by atoms with Crippen molar-refractivity contribution in [3.63, 3.8) is 0 Å². The minimum Gasteiger partial charge on any atom is -0.324 e. The lowest BCUT2D eigenvalue weighted by Gasteiger charge is -2.15. The van der Waals surface area contributed by atoms with Crippen LogP contribution in [0.15, 0.2) is 78.9 Å². The molecule has 0 spiro atoms. The molecule has 0 saturated carbocycles. The fourth-order valence-electron chi connectivity index (χ4n) is 3.68. The summed E-state index contributed by atoms with van der Waals surface area (Å²) in [4.78, 5) is 17.8. The van der Waals surface area contributed by atoms with Crippen LogP contribution in [0.2, 0.25) is 0 Å². The average molecular weight is 411 g/mol. The molecular formula is C26H26N4O. The molecule has 0 aliphatic rings. The SMILES string of the molecule is CCc1cccc(CC)c1NC(=O)Cn1nc(-c2ccccc2)nc1-c1ccccc1. The highest BCUT2D eigenvalue weighted by atomic mass is 16.2. The smallest absolute Gasteiger partial charge is 0.246 e. The fourth-order valence-corrected chi connectivity index (χ4v) is 3.68. The monoisotopic (exact) mass is 410 g/mol. The Labute approximate surface area is 182 Å². The minimum absolute atomic E-state index is 0.0886. The number of rotatable bonds is 7. The molecule has 4 rings (SSSR count). The van der Waals surface area contributed by atoms with E-state index in [0.717, 1.165) is 40.8 Å². The summed E-state index contributed by atoms with van der Waals surface area (Å²) in [6, 6.07) is 25.8. The van der Waals surface area contributed by atoms with Crippen LogP contribution < -0.4 is 5.32 Å². The summed E-state index contributed by atoms with van der Waals surface area (Å²) in [5.74, 6) is 1.17. The first-order valence-electron chi connectivity index (χ1n) is 10.7. The Morgan fingerprint density at radius 3 is 1.97 bits per heavy atom. The normalized spacial score (nSPS) is 10.8. The highest BCUT2D eigenvalue weighted by Gasteiger charge is 2.17. The van der Waals surface area contributed by atoms with Crippen molar-refractivity contribution in [2.45, 2.75) is 33.2 Å². The molecule has 1 heterocycles. The molecule has 0 aliphatic heterocycles. The third-order valence-corrected chi connectivity index (χ3v) is 5.29. The molecule has 4 aromatic rings. The maximum Gasteiger partial charge on any atom is 0.246 e. The lowest BCUT2D eigenvalue weighted by atomic mass is 10.0. The number of para-hydroxylation sites is 1. The topological polar surface area (TPSA) is 59.8 Å². The van der Waals surface area contributed by atoms with Crippen LogP contribution in [0.4, 0.5) is 5.69 Å². The molecule has 156 valence electrons. The molecular weight excluding hydrogens is 384 g/mol. The van der Waals surface area contributed by atoms with E-state index in [1.165, 1.54) is 0 Å². The van der Waals surface area contributed by atoms with Gasteiger partial charge in [-0.1, -0.05) is 92.7 Å². The highest BCUT2D eigenvalue weighted by Crippen LogP contribution is 2.24. The number of hydrogen-bond donors (Lipinski definition) is 1. The van der Waals surface area contributed by atoms with E-state index in [9.17, 15) is 4.79 Å². The van der Waals surface area contributed by atoms with Crippen molar-refractivity contribution in [2.75, 3.05) is 5.32 Å². The number of carbonyl (C=O) groups is 1. The standard InChI is InChI=1S/C26H26N4O/c1-3-19-16-11-17-20(4-2)24(19)27-23(31)18-30-26(22-14-9-6-10-15-22)28-25(29-30)21-12-7-5-8-13-21/h5-17H,3-4,18H2,1-2H3,(H,27,31). The lowest BCUT2D eigenvalue weighted by molar-refractivity contribution is -0.116. The molecule has 0 aliphatic carbocycles. The van der Waals surface area contributed by atoms with E-state index in [0.29, 0.717) is 11.6 Å². The highest BCUT2D eigenvalue weighted by molar-refractivity contribution is 5.92. The maximum atomic E-state index is 13.0. The summed E-state index contributed by atoms with van der Waals surface area (Å²) in [5, 5.41) is 7.80. The van der Waals surface area contributed by atoms with Crippen molar-refractivity contribution in [3.8, 4) is 22.8 Å². The van der Waals surface area contributed by atoms with E-state index in [4.69, 9.17) is 4.98 Å². The van der Waals surface area contributed by atoms with Gasteiger partial charge in [-0.25, -0.2) is 9.67 Å². The summed E-state index contributed by atoms with van der Waals surface area (Å²) in [7, 11) is 0. The predicted molar refractivity (Wildman–Crippen MR) is 125 cm³/mol. The molecule has 1 N–H and O–H groups in total. The molecule has 0 fully saturated rings. The Bertz CT molecular complexity index is 1140. The molecule has 5 heteroatoms. The van der Waals surface area contributed by atoms with Crippen molar-refractivity contribution in [3.05, 3.63) is 90.0 Å². The van der Waals surface area contributed by atoms with Gasteiger partial charge in [-0.05, 0) is 24.0 Å². The third-order valence-electron chi connectivity index (χ3n) is 5.29. The summed E-state index contributed by atoms with van der Waals surface area (Å²) < 4.78 is 1.69. The van der Waals surface area contributed by atoms with Crippen LogP contribution in [-0.2, 0) is 24.2 Å². The van der Waals surface area contributed by atoms with Gasteiger partial charge in [0.1, 0.15) is 6.54 Å². The first-order valence-corrected chi connectivity index (χ1v) is 10.7. The first kappa shape index (κ1) is 20.5. The second kappa shape index (κ2) is 9.39. The molecule has 0 radical (unpaired) electrons. The molecule has 0 unspecified atom stereocenters. The second-order valence-electron chi connectivity index (χ2n) is 7.36. The van der Waals surface area contributed by atoms with E-state index in [-0.39, 0.29) is 12.5 Å². The quantitative estimate of drug-likeness (QED) is 0.445. The van der Waals surface area contributed by atoms with E-state index in [1.54, 1.807) is 4.68 Å². The summed E-state index contributed by atoms with van der Waals surface area (Å²) in [6.07, 6.45) is 1.72. The molecule has 0 saturated heterocycles. The first-order chi connectivity index (χ1) is 15.2. The number of benzene rings is 3. The zero-order valence-electron chi connectivity index (χ0n) is 17.9. The Balaban J connectivity index is 1.67. The van der Waals surface area contributed by atoms with Crippen LogP contribution in [0.3, 0.4) is 0 Å². The molecule has 0 bridgehead atoms. The van der Waals surface area contributed by atoms with Gasteiger partial charge in [-0.15, -0.1) is 5.10 Å². The maximum absolute atomic E-state index is 13.0. The summed E-state index contributed by atoms with van der Waals surface area (Å²) >= 11 is 0. The lowest BCUT2D eigenvalue weighted by Crippen LogP contribution is -2.21. The van der Waals surface area contributed by atoms with Gasteiger partial charge in [0, 0.05) is 16.8 Å². The number of carbonyl (C=O) groups excluding carboxylic acids is 1. The van der Waals surface area contributed by atoms with Gasteiger partial charge < -0.3 is 5.32 Å². The van der Waals surface area contributed by atoms with Crippen LogP contribution in [0.5, 0.6) is 0 Å².